The van der Waals surface area contributed by atoms with Gasteiger partial charge in [-0.25, -0.2) is 0 Å². The van der Waals surface area contributed by atoms with Crippen molar-refractivity contribution < 1.29 is 19.5 Å². The van der Waals surface area contributed by atoms with Crippen LogP contribution in [-0.4, -0.2) is 35.4 Å². The van der Waals surface area contributed by atoms with Crippen molar-refractivity contribution in [2.24, 2.45) is 11.7 Å². The second kappa shape index (κ2) is 6.34. The van der Waals surface area contributed by atoms with E-state index in [0.717, 1.165) is 6.42 Å². The molecule has 1 saturated carbocycles. The van der Waals surface area contributed by atoms with Crippen LogP contribution in [0.15, 0.2) is 0 Å². The number of hydrogen-bond acceptors (Lipinski definition) is 4. The zero-order chi connectivity index (χ0) is 12.8. The fraction of sp³-hybridized carbons (Fsp3) is 0.727. The molecule has 0 aromatic rings. The van der Waals surface area contributed by atoms with Gasteiger partial charge in [0.25, 0.3) is 0 Å². The molecule has 1 aliphatic rings. The lowest BCUT2D eigenvalue weighted by Gasteiger charge is -2.10. The van der Waals surface area contributed by atoms with Gasteiger partial charge in [-0.2, -0.15) is 0 Å². The molecule has 96 valence electrons. The third-order valence-electron chi connectivity index (χ3n) is 2.93. The van der Waals surface area contributed by atoms with E-state index in [0.29, 0.717) is 32.2 Å². The lowest BCUT2D eigenvalue weighted by atomic mass is 10.1. The first-order valence-corrected chi connectivity index (χ1v) is 5.81. The predicted octanol–water partition coefficient (Wildman–Crippen LogP) is -0.336. The van der Waals surface area contributed by atoms with E-state index < -0.39 is 17.9 Å². The van der Waals surface area contributed by atoms with Gasteiger partial charge in [0.2, 0.25) is 5.91 Å². The van der Waals surface area contributed by atoms with E-state index in [9.17, 15) is 14.4 Å². The number of aliphatic carboxylic acids is 1. The largest absolute Gasteiger partial charge is 0.480 e. The Balaban J connectivity index is 2.16. The van der Waals surface area contributed by atoms with Crippen LogP contribution >= 0.6 is 0 Å². The van der Waals surface area contributed by atoms with Gasteiger partial charge < -0.3 is 16.2 Å². The molecule has 17 heavy (non-hydrogen) atoms. The van der Waals surface area contributed by atoms with Gasteiger partial charge in [-0.15, -0.1) is 0 Å². The summed E-state index contributed by atoms with van der Waals surface area (Å²) in [5, 5.41) is 11.2. The number of nitrogens with two attached hydrogens (primary N) is 1. The lowest BCUT2D eigenvalue weighted by Crippen LogP contribution is -2.35. The van der Waals surface area contributed by atoms with E-state index in [1.807, 2.05) is 0 Å². The maximum Gasteiger partial charge on any atom is 0.320 e. The van der Waals surface area contributed by atoms with Crippen LogP contribution in [0.4, 0.5) is 0 Å². The molecule has 1 fully saturated rings. The van der Waals surface area contributed by atoms with Crippen molar-refractivity contribution in [1.82, 2.24) is 5.32 Å². The third kappa shape index (κ3) is 4.14. The fourth-order valence-electron chi connectivity index (χ4n) is 1.87. The molecule has 4 N–H and O–H groups in total. The molecule has 0 bridgehead atoms. The van der Waals surface area contributed by atoms with Gasteiger partial charge in [-0.05, 0) is 25.7 Å². The van der Waals surface area contributed by atoms with E-state index >= 15 is 0 Å². The maximum atomic E-state index is 11.6. The molecule has 1 aliphatic carbocycles. The van der Waals surface area contributed by atoms with Crippen molar-refractivity contribution in [2.45, 2.75) is 38.1 Å². The van der Waals surface area contributed by atoms with Crippen LogP contribution in [0.5, 0.6) is 0 Å². The van der Waals surface area contributed by atoms with Crippen molar-refractivity contribution in [1.29, 1.82) is 0 Å². The first-order chi connectivity index (χ1) is 8.02. The van der Waals surface area contributed by atoms with Gasteiger partial charge in [0.15, 0.2) is 0 Å². The summed E-state index contributed by atoms with van der Waals surface area (Å²) < 4.78 is 0. The monoisotopic (exact) mass is 242 g/mol. The van der Waals surface area contributed by atoms with Crippen molar-refractivity contribution in [3.8, 4) is 0 Å². The number of hydrogen-bond donors (Lipinski definition) is 3. The molecule has 0 radical (unpaired) electrons. The molecule has 0 aromatic carbocycles. The van der Waals surface area contributed by atoms with Crippen LogP contribution in [0.1, 0.15) is 32.1 Å². The number of Topliss-reactive ketones (excluding diaryl/α,β-unsaturated/α-hetero) is 1. The standard InChI is InChI=1S/C11H18N2O4/c12-8(11(16)17)4-2-6-13-10(15)7-3-1-5-9(7)14/h7-8H,1-6,12H2,(H,13,15)(H,16,17). The van der Waals surface area contributed by atoms with Crippen LogP contribution in [0.25, 0.3) is 0 Å². The minimum Gasteiger partial charge on any atom is -0.480 e. The molecule has 1 amide bonds. The zero-order valence-corrected chi connectivity index (χ0v) is 9.65. The molecule has 0 saturated heterocycles. The molecule has 2 unspecified atom stereocenters. The van der Waals surface area contributed by atoms with Gasteiger partial charge >= 0.3 is 5.97 Å². The Morgan fingerprint density at radius 3 is 2.76 bits per heavy atom. The number of ketones is 1. The minimum absolute atomic E-state index is 0.00439. The Bertz CT molecular complexity index is 317. The first kappa shape index (κ1) is 13.6. The maximum absolute atomic E-state index is 11.6. The summed E-state index contributed by atoms with van der Waals surface area (Å²) in [6.45, 7) is 0.365. The fourth-order valence-corrected chi connectivity index (χ4v) is 1.87. The van der Waals surface area contributed by atoms with Gasteiger partial charge in [0.1, 0.15) is 11.8 Å². The highest BCUT2D eigenvalue weighted by Gasteiger charge is 2.30. The molecule has 0 spiro atoms. The number of amides is 1. The highest BCUT2D eigenvalue weighted by Crippen LogP contribution is 2.21. The zero-order valence-electron chi connectivity index (χ0n) is 9.65. The van der Waals surface area contributed by atoms with Crippen molar-refractivity contribution in [2.75, 3.05) is 6.54 Å². The number of rotatable bonds is 6. The van der Waals surface area contributed by atoms with E-state index in [1.165, 1.54) is 0 Å². The highest BCUT2D eigenvalue weighted by molar-refractivity contribution is 6.02. The van der Waals surface area contributed by atoms with E-state index in [4.69, 9.17) is 10.8 Å². The number of carboxylic acids is 1. The molecular formula is C11H18N2O4. The van der Waals surface area contributed by atoms with Gasteiger partial charge in [0, 0.05) is 13.0 Å². The normalized spacial score (nSPS) is 21.2. The Morgan fingerprint density at radius 2 is 2.24 bits per heavy atom. The molecule has 0 aliphatic heterocycles. The summed E-state index contributed by atoms with van der Waals surface area (Å²) in [7, 11) is 0. The quantitative estimate of drug-likeness (QED) is 0.436. The van der Waals surface area contributed by atoms with Crippen LogP contribution in [0, 0.1) is 5.92 Å². The summed E-state index contributed by atoms with van der Waals surface area (Å²) >= 11 is 0. The summed E-state index contributed by atoms with van der Waals surface area (Å²) in [4.78, 5) is 33.3. The number of carbonyl (C=O) groups excluding carboxylic acids is 2. The molecule has 0 heterocycles. The van der Waals surface area contributed by atoms with Crippen molar-refractivity contribution in [3.63, 3.8) is 0 Å². The highest BCUT2D eigenvalue weighted by atomic mass is 16.4. The SMILES string of the molecule is NC(CCCNC(=O)C1CCCC1=O)C(=O)O. The third-order valence-corrected chi connectivity index (χ3v) is 2.93. The number of carboxylic acid groups (broad SMARTS) is 1. The molecule has 6 heteroatoms. The Labute approximate surface area is 99.6 Å². The Morgan fingerprint density at radius 1 is 1.53 bits per heavy atom. The van der Waals surface area contributed by atoms with E-state index in [1.54, 1.807) is 0 Å². The molecule has 2 atom stereocenters. The summed E-state index contributed by atoms with van der Waals surface area (Å²) in [5.74, 6) is -1.77. The van der Waals surface area contributed by atoms with E-state index in [-0.39, 0.29) is 11.7 Å². The minimum atomic E-state index is -1.04. The van der Waals surface area contributed by atoms with Crippen molar-refractivity contribution in [3.05, 3.63) is 0 Å². The second-order valence-electron chi connectivity index (χ2n) is 4.29. The van der Waals surface area contributed by atoms with Crippen LogP contribution in [0.3, 0.4) is 0 Å². The predicted molar refractivity (Wildman–Crippen MR) is 60.2 cm³/mol. The molecular weight excluding hydrogens is 224 g/mol. The average molecular weight is 242 g/mol. The molecule has 6 nitrogen and oxygen atoms in total. The molecule has 0 aromatic heterocycles. The number of carbonyl (C=O) groups is 3. The van der Waals surface area contributed by atoms with Crippen molar-refractivity contribution >= 4 is 17.7 Å². The average Bonchev–Trinajstić information content (AvgIpc) is 2.70. The van der Waals surface area contributed by atoms with Crippen LogP contribution in [0.2, 0.25) is 0 Å². The Kier molecular flexibility index (Phi) is 5.09. The Hall–Kier alpha value is -1.43. The van der Waals surface area contributed by atoms with Crippen LogP contribution < -0.4 is 11.1 Å². The number of nitrogens with one attached hydrogen (secondary N) is 1. The summed E-state index contributed by atoms with van der Waals surface area (Å²) in [6, 6.07) is -0.889. The van der Waals surface area contributed by atoms with Gasteiger partial charge in [-0.1, -0.05) is 0 Å². The first-order valence-electron chi connectivity index (χ1n) is 5.81. The summed E-state index contributed by atoms with van der Waals surface area (Å²) in [6.07, 6.45) is 2.70. The van der Waals surface area contributed by atoms with Crippen LogP contribution in [-0.2, 0) is 14.4 Å². The van der Waals surface area contributed by atoms with Gasteiger partial charge in [0.05, 0.1) is 5.92 Å². The summed E-state index contributed by atoms with van der Waals surface area (Å²) in [5.41, 5.74) is 5.31. The smallest absolute Gasteiger partial charge is 0.320 e. The molecule has 1 rings (SSSR count). The van der Waals surface area contributed by atoms with Gasteiger partial charge in [-0.3, -0.25) is 14.4 Å². The lowest BCUT2D eigenvalue weighted by molar-refractivity contribution is -0.138. The van der Waals surface area contributed by atoms with E-state index in [2.05, 4.69) is 5.32 Å². The second-order valence-corrected chi connectivity index (χ2v) is 4.29. The topological polar surface area (TPSA) is 109 Å².